The molecule has 0 atom stereocenters. The molecule has 5 nitrogen and oxygen atoms in total. The molecule has 0 saturated heterocycles. The van der Waals surface area contributed by atoms with E-state index in [1.165, 1.54) is 0 Å². The normalized spacial score (nSPS) is 10.4. The Balaban J connectivity index is 1.63. The highest BCUT2D eigenvalue weighted by Crippen LogP contribution is 2.19. The quantitative estimate of drug-likeness (QED) is 0.727. The van der Waals surface area contributed by atoms with Crippen molar-refractivity contribution in [2.75, 3.05) is 19.7 Å². The number of nitrogens with one attached hydrogen (secondary N) is 2. The van der Waals surface area contributed by atoms with E-state index in [1.807, 2.05) is 54.6 Å². The Kier molecular flexibility index (Phi) is 7.68. The molecule has 0 aromatic heterocycles. The molecule has 2 rings (SSSR count). The molecule has 2 N–H and O–H groups in total. The van der Waals surface area contributed by atoms with Crippen LogP contribution >= 0.6 is 0 Å². The van der Waals surface area contributed by atoms with E-state index in [0.717, 1.165) is 17.5 Å². The fraction of sp³-hybridized carbons (Fsp3) is 0.333. The van der Waals surface area contributed by atoms with Crippen LogP contribution in [0.5, 0.6) is 5.75 Å². The van der Waals surface area contributed by atoms with Crippen molar-refractivity contribution in [3.05, 3.63) is 65.7 Å². The highest BCUT2D eigenvalue weighted by molar-refractivity contribution is 5.85. The van der Waals surface area contributed by atoms with Crippen LogP contribution in [0, 0.1) is 0 Å². The summed E-state index contributed by atoms with van der Waals surface area (Å²) in [6, 6.07) is 17.6. The van der Waals surface area contributed by atoms with Gasteiger partial charge in [-0.15, -0.1) is 0 Å². The predicted octanol–water partition coefficient (Wildman–Crippen LogP) is 2.66. The van der Waals surface area contributed by atoms with Crippen molar-refractivity contribution in [2.24, 2.45) is 0 Å². The third-order valence-electron chi connectivity index (χ3n) is 3.92. The van der Waals surface area contributed by atoms with Gasteiger partial charge in [0, 0.05) is 6.54 Å². The summed E-state index contributed by atoms with van der Waals surface area (Å²) < 4.78 is 5.49. The standard InChI is InChI=1S/C21H26N2O3/c1-16(2)18-9-6-10-19(13-18)26-15-21(25)23-14-20(24)22-12-11-17-7-4-3-5-8-17/h3-10,13,16H,11-12,14-15H2,1-2H3,(H,22,24)(H,23,25). The molecule has 0 aliphatic rings. The van der Waals surface area contributed by atoms with Gasteiger partial charge in [0.25, 0.3) is 5.91 Å². The lowest BCUT2D eigenvalue weighted by molar-refractivity contribution is -0.127. The van der Waals surface area contributed by atoms with Crippen LogP contribution in [-0.4, -0.2) is 31.5 Å². The first-order valence-electron chi connectivity index (χ1n) is 8.84. The van der Waals surface area contributed by atoms with Crippen molar-refractivity contribution in [2.45, 2.75) is 26.2 Å². The number of carbonyl (C=O) groups excluding carboxylic acids is 2. The zero-order chi connectivity index (χ0) is 18.8. The van der Waals surface area contributed by atoms with Gasteiger partial charge in [0.15, 0.2) is 6.61 Å². The molecule has 0 aliphatic heterocycles. The molecule has 0 unspecified atom stereocenters. The summed E-state index contributed by atoms with van der Waals surface area (Å²) in [5.74, 6) is 0.514. The Hall–Kier alpha value is -2.82. The molecular weight excluding hydrogens is 328 g/mol. The van der Waals surface area contributed by atoms with Gasteiger partial charge in [-0.05, 0) is 35.6 Å². The molecular formula is C21H26N2O3. The van der Waals surface area contributed by atoms with E-state index in [9.17, 15) is 9.59 Å². The zero-order valence-corrected chi connectivity index (χ0v) is 15.3. The molecule has 2 amide bonds. The highest BCUT2D eigenvalue weighted by Gasteiger charge is 2.07. The minimum atomic E-state index is -0.321. The number of hydrogen-bond donors (Lipinski definition) is 2. The summed E-state index contributed by atoms with van der Waals surface area (Å²) in [6.07, 6.45) is 0.760. The van der Waals surface area contributed by atoms with Gasteiger partial charge < -0.3 is 15.4 Å². The largest absolute Gasteiger partial charge is 0.484 e. The average Bonchev–Trinajstić information content (AvgIpc) is 2.66. The van der Waals surface area contributed by atoms with Crippen molar-refractivity contribution in [1.82, 2.24) is 10.6 Å². The monoisotopic (exact) mass is 354 g/mol. The van der Waals surface area contributed by atoms with E-state index in [-0.39, 0.29) is 25.0 Å². The topological polar surface area (TPSA) is 67.4 Å². The second-order valence-corrected chi connectivity index (χ2v) is 6.38. The molecule has 2 aromatic carbocycles. The van der Waals surface area contributed by atoms with E-state index in [0.29, 0.717) is 18.2 Å². The molecule has 2 aromatic rings. The molecule has 26 heavy (non-hydrogen) atoms. The van der Waals surface area contributed by atoms with Gasteiger partial charge in [-0.25, -0.2) is 0 Å². The van der Waals surface area contributed by atoms with Gasteiger partial charge in [0.05, 0.1) is 6.54 Å². The van der Waals surface area contributed by atoms with Gasteiger partial charge in [-0.3, -0.25) is 9.59 Å². The fourth-order valence-electron chi connectivity index (χ4n) is 2.40. The molecule has 0 aliphatic carbocycles. The van der Waals surface area contributed by atoms with Crippen LogP contribution in [0.1, 0.15) is 30.9 Å². The Labute approximate surface area is 154 Å². The SMILES string of the molecule is CC(C)c1cccc(OCC(=O)NCC(=O)NCCc2ccccc2)c1. The van der Waals surface area contributed by atoms with E-state index in [1.54, 1.807) is 0 Å². The van der Waals surface area contributed by atoms with Crippen molar-refractivity contribution in [3.63, 3.8) is 0 Å². The molecule has 0 bridgehead atoms. The molecule has 0 fully saturated rings. The number of amides is 2. The highest BCUT2D eigenvalue weighted by atomic mass is 16.5. The van der Waals surface area contributed by atoms with Gasteiger partial charge in [0.1, 0.15) is 5.75 Å². The van der Waals surface area contributed by atoms with Crippen LogP contribution in [0.3, 0.4) is 0 Å². The van der Waals surface area contributed by atoms with Crippen LogP contribution < -0.4 is 15.4 Å². The van der Waals surface area contributed by atoms with E-state index >= 15 is 0 Å². The second-order valence-electron chi connectivity index (χ2n) is 6.38. The van der Waals surface area contributed by atoms with Crippen molar-refractivity contribution < 1.29 is 14.3 Å². The predicted molar refractivity (Wildman–Crippen MR) is 102 cm³/mol. The maximum absolute atomic E-state index is 11.8. The lowest BCUT2D eigenvalue weighted by atomic mass is 10.0. The first-order valence-corrected chi connectivity index (χ1v) is 8.84. The molecule has 0 saturated carbocycles. The molecule has 5 heteroatoms. The van der Waals surface area contributed by atoms with Crippen molar-refractivity contribution in [1.29, 1.82) is 0 Å². The number of benzene rings is 2. The second kappa shape index (κ2) is 10.2. The third-order valence-corrected chi connectivity index (χ3v) is 3.92. The molecule has 138 valence electrons. The molecule has 0 spiro atoms. The van der Waals surface area contributed by atoms with Gasteiger partial charge in [-0.1, -0.05) is 56.3 Å². The van der Waals surface area contributed by atoms with Gasteiger partial charge >= 0.3 is 0 Å². The van der Waals surface area contributed by atoms with Crippen molar-refractivity contribution >= 4 is 11.8 Å². The van der Waals surface area contributed by atoms with E-state index < -0.39 is 0 Å². The first-order chi connectivity index (χ1) is 12.5. The van der Waals surface area contributed by atoms with E-state index in [2.05, 4.69) is 24.5 Å². The van der Waals surface area contributed by atoms with Crippen LogP contribution in [-0.2, 0) is 16.0 Å². The minimum Gasteiger partial charge on any atom is -0.484 e. The van der Waals surface area contributed by atoms with Crippen LogP contribution in [0.15, 0.2) is 54.6 Å². The molecule has 0 radical (unpaired) electrons. The lowest BCUT2D eigenvalue weighted by Crippen LogP contribution is -2.39. The zero-order valence-electron chi connectivity index (χ0n) is 15.3. The van der Waals surface area contributed by atoms with Crippen LogP contribution in [0.4, 0.5) is 0 Å². The summed E-state index contributed by atoms with van der Waals surface area (Å²) >= 11 is 0. The fourth-order valence-corrected chi connectivity index (χ4v) is 2.40. The van der Waals surface area contributed by atoms with E-state index in [4.69, 9.17) is 4.74 Å². The Morgan fingerprint density at radius 2 is 1.73 bits per heavy atom. The maximum atomic E-state index is 11.8. The molecule has 0 heterocycles. The van der Waals surface area contributed by atoms with Crippen LogP contribution in [0.2, 0.25) is 0 Å². The summed E-state index contributed by atoms with van der Waals surface area (Å²) in [7, 11) is 0. The average molecular weight is 354 g/mol. The Bertz CT molecular complexity index is 714. The number of hydrogen-bond acceptors (Lipinski definition) is 3. The minimum absolute atomic E-state index is 0.0526. The summed E-state index contributed by atoms with van der Waals surface area (Å²) in [5, 5.41) is 5.35. The smallest absolute Gasteiger partial charge is 0.258 e. The Morgan fingerprint density at radius 3 is 2.46 bits per heavy atom. The first kappa shape index (κ1) is 19.5. The maximum Gasteiger partial charge on any atom is 0.258 e. The van der Waals surface area contributed by atoms with Gasteiger partial charge in [0.2, 0.25) is 5.91 Å². The number of ether oxygens (including phenoxy) is 1. The summed E-state index contributed by atoms with van der Waals surface area (Å²) in [4.78, 5) is 23.6. The summed E-state index contributed by atoms with van der Waals surface area (Å²) in [5.41, 5.74) is 2.31. The number of carbonyl (C=O) groups is 2. The number of rotatable bonds is 9. The van der Waals surface area contributed by atoms with Crippen LogP contribution in [0.25, 0.3) is 0 Å². The lowest BCUT2D eigenvalue weighted by Gasteiger charge is -2.10. The Morgan fingerprint density at radius 1 is 0.962 bits per heavy atom. The van der Waals surface area contributed by atoms with Crippen molar-refractivity contribution in [3.8, 4) is 5.75 Å². The van der Waals surface area contributed by atoms with Gasteiger partial charge in [-0.2, -0.15) is 0 Å². The summed E-state index contributed by atoms with van der Waals surface area (Å²) in [6.45, 7) is 4.57. The third kappa shape index (κ3) is 6.97.